The molecule has 1 atom stereocenters. The number of ketones is 1. The second-order valence-corrected chi connectivity index (χ2v) is 3.58. The van der Waals surface area contributed by atoms with Gasteiger partial charge in [-0.25, -0.2) is 13.2 Å². The molecule has 0 saturated heterocycles. The Bertz CT molecular complexity index is 456. The Labute approximate surface area is 96.7 Å². The SMILES string of the molecule is CCCC(C#N)C(=O)c1c(F)cc(F)cc1F. The highest BCUT2D eigenvalue weighted by Crippen LogP contribution is 2.20. The lowest BCUT2D eigenvalue weighted by molar-refractivity contribution is 0.0935. The molecule has 5 heteroatoms. The van der Waals surface area contributed by atoms with Gasteiger partial charge in [0.2, 0.25) is 0 Å². The maximum Gasteiger partial charge on any atom is 0.185 e. The van der Waals surface area contributed by atoms with Crippen molar-refractivity contribution < 1.29 is 18.0 Å². The number of nitriles is 1. The number of carbonyl (C=O) groups is 1. The molecular formula is C12H10F3NO. The highest BCUT2D eigenvalue weighted by Gasteiger charge is 2.25. The molecule has 2 nitrogen and oxygen atoms in total. The van der Waals surface area contributed by atoms with Crippen LogP contribution < -0.4 is 0 Å². The average Bonchev–Trinajstić information content (AvgIpc) is 2.24. The molecule has 0 N–H and O–H groups in total. The first kappa shape index (κ1) is 13.2. The summed E-state index contributed by atoms with van der Waals surface area (Å²) in [7, 11) is 0. The van der Waals surface area contributed by atoms with Crippen molar-refractivity contribution in [1.29, 1.82) is 5.26 Å². The molecule has 0 aliphatic carbocycles. The molecule has 0 bridgehead atoms. The van der Waals surface area contributed by atoms with Crippen molar-refractivity contribution in [3.05, 3.63) is 35.1 Å². The third-order valence-corrected chi connectivity index (χ3v) is 2.30. The Morgan fingerprint density at radius 2 is 1.88 bits per heavy atom. The number of rotatable bonds is 4. The predicted molar refractivity (Wildman–Crippen MR) is 54.7 cm³/mol. The molecule has 90 valence electrons. The molecule has 1 aromatic carbocycles. The summed E-state index contributed by atoms with van der Waals surface area (Å²) in [5.74, 6) is -5.69. The van der Waals surface area contributed by atoms with E-state index in [1.807, 2.05) is 0 Å². The average molecular weight is 241 g/mol. The summed E-state index contributed by atoms with van der Waals surface area (Å²) < 4.78 is 39.2. The minimum absolute atomic E-state index is 0.214. The van der Waals surface area contributed by atoms with E-state index in [1.54, 1.807) is 13.0 Å². The van der Waals surface area contributed by atoms with Crippen LogP contribution in [-0.2, 0) is 0 Å². The van der Waals surface area contributed by atoms with Gasteiger partial charge in [-0.1, -0.05) is 13.3 Å². The van der Waals surface area contributed by atoms with E-state index in [0.29, 0.717) is 18.6 Å². The Morgan fingerprint density at radius 3 is 2.29 bits per heavy atom. The van der Waals surface area contributed by atoms with E-state index < -0.39 is 34.7 Å². The van der Waals surface area contributed by atoms with Gasteiger partial charge in [-0.2, -0.15) is 5.26 Å². The van der Waals surface area contributed by atoms with Crippen molar-refractivity contribution in [3.8, 4) is 6.07 Å². The smallest absolute Gasteiger partial charge is 0.185 e. The van der Waals surface area contributed by atoms with Crippen LogP contribution in [0.1, 0.15) is 30.1 Å². The zero-order valence-electron chi connectivity index (χ0n) is 9.14. The topological polar surface area (TPSA) is 40.9 Å². The van der Waals surface area contributed by atoms with Crippen molar-refractivity contribution in [1.82, 2.24) is 0 Å². The number of hydrogen-bond acceptors (Lipinski definition) is 2. The fourth-order valence-corrected chi connectivity index (χ4v) is 1.49. The van der Waals surface area contributed by atoms with E-state index in [2.05, 4.69) is 0 Å². The van der Waals surface area contributed by atoms with Gasteiger partial charge in [-0.3, -0.25) is 4.79 Å². The normalized spacial score (nSPS) is 11.9. The molecule has 0 spiro atoms. The van der Waals surface area contributed by atoms with Gasteiger partial charge in [-0.05, 0) is 6.42 Å². The van der Waals surface area contributed by atoms with Crippen molar-refractivity contribution in [2.75, 3.05) is 0 Å². The number of carbonyl (C=O) groups excluding carboxylic acids is 1. The predicted octanol–water partition coefficient (Wildman–Crippen LogP) is 3.23. The number of nitrogens with zero attached hydrogens (tertiary/aromatic N) is 1. The van der Waals surface area contributed by atoms with Gasteiger partial charge in [0.15, 0.2) is 5.78 Å². The summed E-state index contributed by atoms with van der Waals surface area (Å²) in [6.07, 6.45) is 0.750. The van der Waals surface area contributed by atoms with Crippen LogP contribution in [0.15, 0.2) is 12.1 Å². The molecule has 1 unspecified atom stereocenters. The largest absolute Gasteiger partial charge is 0.292 e. The molecule has 0 aliphatic heterocycles. The number of benzene rings is 1. The van der Waals surface area contributed by atoms with E-state index in [1.165, 1.54) is 0 Å². The van der Waals surface area contributed by atoms with E-state index in [-0.39, 0.29) is 6.42 Å². The van der Waals surface area contributed by atoms with Crippen LogP contribution in [0, 0.1) is 34.7 Å². The summed E-state index contributed by atoms with van der Waals surface area (Å²) in [5.41, 5.74) is -0.841. The third kappa shape index (κ3) is 2.84. The number of halogens is 3. The first-order valence-electron chi connectivity index (χ1n) is 5.09. The minimum atomic E-state index is -1.27. The molecule has 0 amide bonds. The highest BCUT2D eigenvalue weighted by atomic mass is 19.1. The van der Waals surface area contributed by atoms with E-state index in [4.69, 9.17) is 5.26 Å². The second kappa shape index (κ2) is 5.48. The van der Waals surface area contributed by atoms with Gasteiger partial charge in [0.25, 0.3) is 0 Å². The summed E-state index contributed by atoms with van der Waals surface area (Å²) >= 11 is 0. The molecule has 0 aliphatic rings. The number of hydrogen-bond donors (Lipinski definition) is 0. The monoisotopic (exact) mass is 241 g/mol. The Hall–Kier alpha value is -1.83. The summed E-state index contributed by atoms with van der Waals surface area (Å²) in [5, 5.41) is 8.74. The summed E-state index contributed by atoms with van der Waals surface area (Å²) in [6.45, 7) is 1.75. The lowest BCUT2D eigenvalue weighted by atomic mass is 9.94. The molecule has 0 radical (unpaired) electrons. The molecular weight excluding hydrogens is 231 g/mol. The molecule has 17 heavy (non-hydrogen) atoms. The van der Waals surface area contributed by atoms with Crippen LogP contribution in [0.25, 0.3) is 0 Å². The van der Waals surface area contributed by atoms with Crippen molar-refractivity contribution in [2.45, 2.75) is 19.8 Å². The van der Waals surface area contributed by atoms with E-state index in [9.17, 15) is 18.0 Å². The molecule has 0 saturated carbocycles. The summed E-state index contributed by atoms with van der Waals surface area (Å²) in [6, 6.07) is 2.55. The van der Waals surface area contributed by atoms with Gasteiger partial charge >= 0.3 is 0 Å². The van der Waals surface area contributed by atoms with Crippen molar-refractivity contribution >= 4 is 5.78 Å². The first-order valence-corrected chi connectivity index (χ1v) is 5.09. The van der Waals surface area contributed by atoms with Gasteiger partial charge in [0.05, 0.1) is 11.6 Å². The zero-order chi connectivity index (χ0) is 13.0. The third-order valence-electron chi connectivity index (χ3n) is 2.30. The van der Waals surface area contributed by atoms with Crippen LogP contribution in [0.4, 0.5) is 13.2 Å². The summed E-state index contributed by atoms with van der Waals surface area (Å²) in [4.78, 5) is 11.7. The Balaban J connectivity index is 3.17. The fourth-order valence-electron chi connectivity index (χ4n) is 1.49. The molecule has 0 aromatic heterocycles. The second-order valence-electron chi connectivity index (χ2n) is 3.58. The van der Waals surface area contributed by atoms with Gasteiger partial charge in [0.1, 0.15) is 23.4 Å². The highest BCUT2D eigenvalue weighted by molar-refractivity contribution is 5.99. The zero-order valence-corrected chi connectivity index (χ0v) is 9.14. The van der Waals surface area contributed by atoms with Gasteiger partial charge in [0, 0.05) is 12.1 Å². The lowest BCUT2D eigenvalue weighted by Crippen LogP contribution is -2.16. The van der Waals surface area contributed by atoms with E-state index in [0.717, 1.165) is 0 Å². The quantitative estimate of drug-likeness (QED) is 0.759. The Morgan fingerprint density at radius 1 is 1.35 bits per heavy atom. The van der Waals surface area contributed by atoms with Crippen LogP contribution in [0.3, 0.4) is 0 Å². The van der Waals surface area contributed by atoms with E-state index >= 15 is 0 Å². The molecule has 0 fully saturated rings. The standard InChI is InChI=1S/C12H10F3NO/c1-2-3-7(6-16)12(17)11-9(14)4-8(13)5-10(11)15/h4-5,7H,2-3H2,1H3. The van der Waals surface area contributed by atoms with Crippen LogP contribution >= 0.6 is 0 Å². The molecule has 0 heterocycles. The molecule has 1 aromatic rings. The number of Topliss-reactive ketones (excluding diaryl/α,β-unsaturated/α-hetero) is 1. The van der Waals surface area contributed by atoms with Crippen LogP contribution in [0.5, 0.6) is 0 Å². The maximum atomic E-state index is 13.3. The minimum Gasteiger partial charge on any atom is -0.292 e. The Kier molecular flexibility index (Phi) is 4.27. The van der Waals surface area contributed by atoms with Crippen LogP contribution in [-0.4, -0.2) is 5.78 Å². The lowest BCUT2D eigenvalue weighted by Gasteiger charge is -2.08. The first-order chi connectivity index (χ1) is 8.01. The molecule has 1 rings (SSSR count). The van der Waals surface area contributed by atoms with Crippen molar-refractivity contribution in [3.63, 3.8) is 0 Å². The fraction of sp³-hybridized carbons (Fsp3) is 0.333. The maximum absolute atomic E-state index is 13.3. The van der Waals surface area contributed by atoms with Crippen molar-refractivity contribution in [2.24, 2.45) is 5.92 Å². The van der Waals surface area contributed by atoms with Crippen LogP contribution in [0.2, 0.25) is 0 Å². The van der Waals surface area contributed by atoms with Gasteiger partial charge < -0.3 is 0 Å². The van der Waals surface area contributed by atoms with Gasteiger partial charge in [-0.15, -0.1) is 0 Å².